The van der Waals surface area contributed by atoms with Crippen LogP contribution in [0.15, 0.2) is 0 Å². The number of rotatable bonds is 5. The van der Waals surface area contributed by atoms with Crippen LogP contribution in [0.2, 0.25) is 0 Å². The average molecular weight is 235 g/mol. The first kappa shape index (κ1) is 10.0. The van der Waals surface area contributed by atoms with E-state index in [1.807, 2.05) is 6.92 Å². The van der Waals surface area contributed by atoms with E-state index >= 15 is 0 Å². The minimum Gasteiger partial charge on any atom is -0.466 e. The van der Waals surface area contributed by atoms with Crippen LogP contribution in [0.1, 0.15) is 26.2 Å². The van der Waals surface area contributed by atoms with Gasteiger partial charge in [-0.3, -0.25) is 4.79 Å². The molecule has 70 valence electrons. The van der Waals surface area contributed by atoms with Gasteiger partial charge in [0.05, 0.1) is 12.5 Å². The highest BCUT2D eigenvalue weighted by Crippen LogP contribution is 2.42. The van der Waals surface area contributed by atoms with Gasteiger partial charge in [0.15, 0.2) is 0 Å². The summed E-state index contributed by atoms with van der Waals surface area (Å²) in [6.07, 6.45) is 3.38. The number of hydrogen-bond donors (Lipinski definition) is 0. The molecule has 0 bridgehead atoms. The van der Waals surface area contributed by atoms with Crippen LogP contribution in [0.25, 0.3) is 0 Å². The molecule has 1 aliphatic rings. The Hall–Kier alpha value is -0.0500. The van der Waals surface area contributed by atoms with Gasteiger partial charge in [-0.2, -0.15) is 0 Å². The number of carbonyl (C=O) groups excluding carboxylic acids is 1. The smallest absolute Gasteiger partial charge is 0.309 e. The van der Waals surface area contributed by atoms with Crippen LogP contribution in [0.5, 0.6) is 0 Å². The number of hydrogen-bond acceptors (Lipinski definition) is 2. The molecule has 0 aromatic carbocycles. The van der Waals surface area contributed by atoms with Gasteiger partial charge >= 0.3 is 5.97 Å². The monoisotopic (exact) mass is 234 g/mol. The number of carbonyl (C=O) groups is 1. The molecule has 3 heteroatoms. The molecule has 0 unspecified atom stereocenters. The van der Waals surface area contributed by atoms with Gasteiger partial charge in [-0.05, 0) is 32.1 Å². The van der Waals surface area contributed by atoms with E-state index < -0.39 is 0 Å². The zero-order valence-electron chi connectivity index (χ0n) is 7.38. The van der Waals surface area contributed by atoms with E-state index in [1.54, 1.807) is 0 Å². The zero-order valence-corrected chi connectivity index (χ0v) is 8.97. The molecule has 0 N–H and O–H groups in total. The minimum absolute atomic E-state index is 0.0112. The Morgan fingerprint density at radius 3 is 3.00 bits per heavy atom. The van der Waals surface area contributed by atoms with Crippen molar-refractivity contribution in [3.05, 3.63) is 0 Å². The van der Waals surface area contributed by atoms with E-state index in [1.165, 1.54) is 6.42 Å². The van der Waals surface area contributed by atoms with Gasteiger partial charge in [-0.1, -0.05) is 15.9 Å². The molecule has 0 saturated heterocycles. The first-order valence-corrected chi connectivity index (χ1v) is 5.64. The van der Waals surface area contributed by atoms with Gasteiger partial charge in [0, 0.05) is 5.33 Å². The molecule has 0 aliphatic heterocycles. The van der Waals surface area contributed by atoms with Crippen molar-refractivity contribution in [2.24, 2.45) is 11.8 Å². The fourth-order valence-corrected chi connectivity index (χ4v) is 1.77. The highest BCUT2D eigenvalue weighted by atomic mass is 79.9. The summed E-state index contributed by atoms with van der Waals surface area (Å²) >= 11 is 3.38. The van der Waals surface area contributed by atoms with Gasteiger partial charge in [0.2, 0.25) is 0 Å². The summed E-state index contributed by atoms with van der Waals surface area (Å²) in [6.45, 7) is 2.37. The molecule has 0 heterocycles. The second-order valence-electron chi connectivity index (χ2n) is 3.19. The van der Waals surface area contributed by atoms with Gasteiger partial charge in [-0.25, -0.2) is 0 Å². The Labute approximate surface area is 81.8 Å². The Bertz CT molecular complexity index is 159. The quantitative estimate of drug-likeness (QED) is 0.540. The van der Waals surface area contributed by atoms with Crippen molar-refractivity contribution in [2.75, 3.05) is 11.9 Å². The number of esters is 1. The summed E-state index contributed by atoms with van der Waals surface area (Å²) in [4.78, 5) is 11.1. The first-order valence-electron chi connectivity index (χ1n) is 4.52. The summed E-state index contributed by atoms with van der Waals surface area (Å²) in [5.74, 6) is 0.850. The highest BCUT2D eigenvalue weighted by molar-refractivity contribution is 9.09. The van der Waals surface area contributed by atoms with Crippen molar-refractivity contribution < 1.29 is 9.53 Å². The first-order chi connectivity index (χ1) is 5.79. The Kier molecular flexibility index (Phi) is 4.06. The SMILES string of the molecule is CCOC(=O)[C@H]1C[C@H]1CCCBr. The van der Waals surface area contributed by atoms with Gasteiger partial charge in [-0.15, -0.1) is 0 Å². The molecule has 2 atom stereocenters. The largest absolute Gasteiger partial charge is 0.466 e. The Balaban J connectivity index is 2.10. The summed E-state index contributed by atoms with van der Waals surface area (Å²) in [6, 6.07) is 0. The summed E-state index contributed by atoms with van der Waals surface area (Å²) in [5, 5.41) is 1.04. The highest BCUT2D eigenvalue weighted by Gasteiger charge is 2.43. The maximum atomic E-state index is 11.1. The van der Waals surface area contributed by atoms with Crippen LogP contribution in [-0.2, 0) is 9.53 Å². The lowest BCUT2D eigenvalue weighted by Gasteiger charge is -1.99. The van der Waals surface area contributed by atoms with Crippen molar-refractivity contribution >= 4 is 21.9 Å². The molecule has 12 heavy (non-hydrogen) atoms. The van der Waals surface area contributed by atoms with Gasteiger partial charge in [0.25, 0.3) is 0 Å². The predicted octanol–water partition coefficient (Wildman–Crippen LogP) is 2.36. The third-order valence-electron chi connectivity index (χ3n) is 2.22. The Morgan fingerprint density at radius 2 is 2.42 bits per heavy atom. The van der Waals surface area contributed by atoms with Crippen molar-refractivity contribution in [1.29, 1.82) is 0 Å². The van der Waals surface area contributed by atoms with E-state index in [9.17, 15) is 4.79 Å². The summed E-state index contributed by atoms with van der Waals surface area (Å²) in [7, 11) is 0. The van der Waals surface area contributed by atoms with E-state index in [0.717, 1.165) is 18.2 Å². The fraction of sp³-hybridized carbons (Fsp3) is 0.889. The van der Waals surface area contributed by atoms with Crippen molar-refractivity contribution in [1.82, 2.24) is 0 Å². The molecule has 1 saturated carbocycles. The van der Waals surface area contributed by atoms with Crippen molar-refractivity contribution in [3.8, 4) is 0 Å². The van der Waals surface area contributed by atoms with E-state index in [4.69, 9.17) is 4.74 Å². The third-order valence-corrected chi connectivity index (χ3v) is 2.78. The average Bonchev–Trinajstić information content (AvgIpc) is 2.80. The second-order valence-corrected chi connectivity index (χ2v) is 3.98. The molecular weight excluding hydrogens is 220 g/mol. The molecule has 0 spiro atoms. The van der Waals surface area contributed by atoms with Crippen LogP contribution < -0.4 is 0 Å². The lowest BCUT2D eigenvalue weighted by Crippen LogP contribution is -2.07. The van der Waals surface area contributed by atoms with Crippen LogP contribution in [-0.4, -0.2) is 17.9 Å². The van der Waals surface area contributed by atoms with Crippen molar-refractivity contribution in [2.45, 2.75) is 26.2 Å². The minimum atomic E-state index is 0.0112. The predicted molar refractivity (Wildman–Crippen MR) is 51.3 cm³/mol. The lowest BCUT2D eigenvalue weighted by atomic mass is 10.2. The molecule has 0 aromatic heterocycles. The van der Waals surface area contributed by atoms with Crippen LogP contribution >= 0.6 is 15.9 Å². The van der Waals surface area contributed by atoms with Gasteiger partial charge in [0.1, 0.15) is 0 Å². The number of ether oxygens (including phenoxy) is 1. The fourth-order valence-electron chi connectivity index (χ4n) is 1.44. The molecule has 0 amide bonds. The van der Waals surface area contributed by atoms with E-state index in [0.29, 0.717) is 12.5 Å². The molecule has 1 fully saturated rings. The number of alkyl halides is 1. The topological polar surface area (TPSA) is 26.3 Å². The van der Waals surface area contributed by atoms with Crippen LogP contribution in [0, 0.1) is 11.8 Å². The maximum absolute atomic E-state index is 11.1. The van der Waals surface area contributed by atoms with E-state index in [-0.39, 0.29) is 11.9 Å². The molecule has 0 aromatic rings. The number of halogens is 1. The molecule has 2 nitrogen and oxygen atoms in total. The summed E-state index contributed by atoms with van der Waals surface area (Å²) in [5.41, 5.74) is 0. The third kappa shape index (κ3) is 2.77. The molecule has 1 rings (SSSR count). The molecule has 0 radical (unpaired) electrons. The zero-order chi connectivity index (χ0) is 8.97. The Morgan fingerprint density at radius 1 is 1.67 bits per heavy atom. The lowest BCUT2D eigenvalue weighted by molar-refractivity contribution is -0.145. The standard InChI is InChI=1S/C9H15BrO2/c1-2-12-9(11)8-6-7(8)4-3-5-10/h7-8H,2-6H2,1H3/t7-,8+/m1/s1. The van der Waals surface area contributed by atoms with E-state index in [2.05, 4.69) is 15.9 Å². The maximum Gasteiger partial charge on any atom is 0.309 e. The molecular formula is C9H15BrO2. The normalized spacial score (nSPS) is 26.8. The van der Waals surface area contributed by atoms with Crippen LogP contribution in [0.3, 0.4) is 0 Å². The second kappa shape index (κ2) is 4.85. The van der Waals surface area contributed by atoms with Gasteiger partial charge < -0.3 is 4.74 Å². The molecule has 1 aliphatic carbocycles. The van der Waals surface area contributed by atoms with Crippen molar-refractivity contribution in [3.63, 3.8) is 0 Å². The van der Waals surface area contributed by atoms with Crippen LogP contribution in [0.4, 0.5) is 0 Å². The summed E-state index contributed by atoms with van der Waals surface area (Å²) < 4.78 is 4.93.